The van der Waals surface area contributed by atoms with E-state index in [0.29, 0.717) is 24.5 Å². The first-order valence-electron chi connectivity index (χ1n) is 7.11. The molecule has 1 saturated heterocycles. The highest BCUT2D eigenvalue weighted by Gasteiger charge is 2.13. The molecule has 0 aliphatic carbocycles. The molecular formula is C15H22N2O3. The number of amides is 1. The Bertz CT molecular complexity index is 431. The second-order valence-electron chi connectivity index (χ2n) is 4.64. The van der Waals surface area contributed by atoms with Crippen molar-refractivity contribution < 1.29 is 14.3 Å². The Kier molecular flexibility index (Phi) is 5.83. The molecular weight excluding hydrogens is 256 g/mol. The fourth-order valence-electron chi connectivity index (χ4n) is 2.18. The van der Waals surface area contributed by atoms with Crippen LogP contribution in [-0.4, -0.2) is 56.8 Å². The van der Waals surface area contributed by atoms with E-state index in [4.69, 9.17) is 9.47 Å². The molecule has 1 heterocycles. The molecule has 1 amide bonds. The number of hydrogen-bond donors (Lipinski definition) is 1. The van der Waals surface area contributed by atoms with Gasteiger partial charge in [0.15, 0.2) is 0 Å². The number of hydrogen-bond acceptors (Lipinski definition) is 4. The molecule has 0 atom stereocenters. The van der Waals surface area contributed by atoms with Gasteiger partial charge in [-0.3, -0.25) is 9.69 Å². The van der Waals surface area contributed by atoms with Gasteiger partial charge in [-0.1, -0.05) is 12.1 Å². The summed E-state index contributed by atoms with van der Waals surface area (Å²) >= 11 is 0. The van der Waals surface area contributed by atoms with E-state index in [1.807, 2.05) is 25.1 Å². The largest absolute Gasteiger partial charge is 0.493 e. The number of para-hydroxylation sites is 1. The minimum atomic E-state index is -0.0812. The maximum Gasteiger partial charge on any atom is 0.255 e. The molecule has 0 bridgehead atoms. The van der Waals surface area contributed by atoms with Crippen LogP contribution in [0.4, 0.5) is 0 Å². The van der Waals surface area contributed by atoms with E-state index in [-0.39, 0.29) is 5.91 Å². The zero-order valence-corrected chi connectivity index (χ0v) is 11.9. The van der Waals surface area contributed by atoms with Crippen LogP contribution in [0.3, 0.4) is 0 Å². The Morgan fingerprint density at radius 3 is 2.85 bits per heavy atom. The lowest BCUT2D eigenvalue weighted by Gasteiger charge is -2.26. The molecule has 5 heteroatoms. The number of carbonyl (C=O) groups excluding carboxylic acids is 1. The van der Waals surface area contributed by atoms with E-state index in [1.165, 1.54) is 0 Å². The zero-order chi connectivity index (χ0) is 14.2. The van der Waals surface area contributed by atoms with Crippen molar-refractivity contribution in [3.63, 3.8) is 0 Å². The number of rotatable bonds is 6. The topological polar surface area (TPSA) is 50.8 Å². The van der Waals surface area contributed by atoms with Gasteiger partial charge >= 0.3 is 0 Å². The quantitative estimate of drug-likeness (QED) is 0.848. The van der Waals surface area contributed by atoms with Gasteiger partial charge in [0.05, 0.1) is 25.4 Å². The number of ether oxygens (including phenoxy) is 2. The highest BCUT2D eigenvalue weighted by molar-refractivity contribution is 5.96. The highest BCUT2D eigenvalue weighted by Crippen LogP contribution is 2.17. The Balaban J connectivity index is 1.82. The van der Waals surface area contributed by atoms with Gasteiger partial charge in [-0.15, -0.1) is 0 Å². The van der Waals surface area contributed by atoms with Gasteiger partial charge < -0.3 is 14.8 Å². The molecule has 20 heavy (non-hydrogen) atoms. The van der Waals surface area contributed by atoms with E-state index in [9.17, 15) is 4.79 Å². The molecule has 1 aromatic rings. The predicted octanol–water partition coefficient (Wildman–Crippen LogP) is 1.15. The predicted molar refractivity (Wildman–Crippen MR) is 77.2 cm³/mol. The smallest absolute Gasteiger partial charge is 0.255 e. The van der Waals surface area contributed by atoms with Crippen molar-refractivity contribution in [2.24, 2.45) is 0 Å². The summed E-state index contributed by atoms with van der Waals surface area (Å²) in [6.45, 7) is 7.38. The van der Waals surface area contributed by atoms with Crippen molar-refractivity contribution in [3.8, 4) is 5.75 Å². The average molecular weight is 278 g/mol. The molecule has 5 nitrogen and oxygen atoms in total. The minimum absolute atomic E-state index is 0.0812. The lowest BCUT2D eigenvalue weighted by atomic mass is 10.2. The molecule has 2 rings (SSSR count). The molecule has 1 aromatic carbocycles. The number of morpholine rings is 1. The third kappa shape index (κ3) is 4.21. The van der Waals surface area contributed by atoms with Crippen molar-refractivity contribution in [2.75, 3.05) is 46.0 Å². The summed E-state index contributed by atoms with van der Waals surface area (Å²) in [5.74, 6) is 0.557. The van der Waals surface area contributed by atoms with E-state index in [2.05, 4.69) is 10.2 Å². The van der Waals surface area contributed by atoms with Gasteiger partial charge in [-0.25, -0.2) is 0 Å². The summed E-state index contributed by atoms with van der Waals surface area (Å²) in [5.41, 5.74) is 0.594. The van der Waals surface area contributed by atoms with Gasteiger partial charge in [-0.05, 0) is 19.1 Å². The molecule has 1 fully saturated rings. The molecule has 0 spiro atoms. The van der Waals surface area contributed by atoms with Crippen LogP contribution in [-0.2, 0) is 4.74 Å². The Morgan fingerprint density at radius 1 is 1.35 bits per heavy atom. The van der Waals surface area contributed by atoms with Crippen molar-refractivity contribution in [1.82, 2.24) is 10.2 Å². The highest BCUT2D eigenvalue weighted by atomic mass is 16.5. The fourth-order valence-corrected chi connectivity index (χ4v) is 2.18. The van der Waals surface area contributed by atoms with Gasteiger partial charge in [0, 0.05) is 26.2 Å². The second-order valence-corrected chi connectivity index (χ2v) is 4.64. The Hall–Kier alpha value is -1.59. The van der Waals surface area contributed by atoms with Crippen LogP contribution in [0.5, 0.6) is 5.75 Å². The monoisotopic (exact) mass is 278 g/mol. The number of benzene rings is 1. The van der Waals surface area contributed by atoms with Crippen molar-refractivity contribution >= 4 is 5.91 Å². The third-order valence-electron chi connectivity index (χ3n) is 3.25. The van der Waals surface area contributed by atoms with Crippen LogP contribution in [0, 0.1) is 0 Å². The average Bonchev–Trinajstić information content (AvgIpc) is 2.49. The Morgan fingerprint density at radius 2 is 2.10 bits per heavy atom. The van der Waals surface area contributed by atoms with Crippen LogP contribution >= 0.6 is 0 Å². The van der Waals surface area contributed by atoms with Crippen LogP contribution in [0.15, 0.2) is 24.3 Å². The molecule has 1 aliphatic rings. The molecule has 0 radical (unpaired) electrons. The summed E-state index contributed by atoms with van der Waals surface area (Å²) in [6.07, 6.45) is 0. The van der Waals surface area contributed by atoms with E-state index in [0.717, 1.165) is 32.8 Å². The van der Waals surface area contributed by atoms with Crippen molar-refractivity contribution in [3.05, 3.63) is 29.8 Å². The van der Waals surface area contributed by atoms with Crippen LogP contribution in [0.25, 0.3) is 0 Å². The Labute approximate surface area is 119 Å². The van der Waals surface area contributed by atoms with Crippen LogP contribution in [0.1, 0.15) is 17.3 Å². The summed E-state index contributed by atoms with van der Waals surface area (Å²) in [7, 11) is 0. The van der Waals surface area contributed by atoms with Gasteiger partial charge in [0.25, 0.3) is 5.91 Å². The lowest BCUT2D eigenvalue weighted by Crippen LogP contribution is -2.41. The van der Waals surface area contributed by atoms with Crippen molar-refractivity contribution in [1.29, 1.82) is 0 Å². The molecule has 0 aromatic heterocycles. The SMILES string of the molecule is CCOc1ccccc1C(=O)NCCN1CCOCC1. The first kappa shape index (κ1) is 14.8. The standard InChI is InChI=1S/C15H22N2O3/c1-2-20-14-6-4-3-5-13(14)15(18)16-7-8-17-9-11-19-12-10-17/h3-6H,2,7-12H2,1H3,(H,16,18). The molecule has 110 valence electrons. The number of nitrogens with zero attached hydrogens (tertiary/aromatic N) is 1. The molecule has 1 N–H and O–H groups in total. The first-order chi connectivity index (χ1) is 9.81. The van der Waals surface area contributed by atoms with E-state index in [1.54, 1.807) is 6.07 Å². The molecule has 0 saturated carbocycles. The lowest BCUT2D eigenvalue weighted by molar-refractivity contribution is 0.0383. The molecule has 1 aliphatic heterocycles. The van der Waals surface area contributed by atoms with Crippen LogP contribution in [0.2, 0.25) is 0 Å². The van der Waals surface area contributed by atoms with Gasteiger partial charge in [0.2, 0.25) is 0 Å². The first-order valence-corrected chi connectivity index (χ1v) is 7.11. The zero-order valence-electron chi connectivity index (χ0n) is 11.9. The summed E-state index contributed by atoms with van der Waals surface area (Å²) in [6, 6.07) is 7.32. The van der Waals surface area contributed by atoms with Gasteiger partial charge in [-0.2, -0.15) is 0 Å². The number of carbonyl (C=O) groups is 1. The van der Waals surface area contributed by atoms with Crippen molar-refractivity contribution in [2.45, 2.75) is 6.92 Å². The fraction of sp³-hybridized carbons (Fsp3) is 0.533. The molecule has 0 unspecified atom stereocenters. The summed E-state index contributed by atoms with van der Waals surface area (Å²) in [5, 5.41) is 2.94. The maximum absolute atomic E-state index is 12.1. The maximum atomic E-state index is 12.1. The van der Waals surface area contributed by atoms with Gasteiger partial charge in [0.1, 0.15) is 5.75 Å². The third-order valence-corrected chi connectivity index (χ3v) is 3.25. The van der Waals surface area contributed by atoms with E-state index >= 15 is 0 Å². The summed E-state index contributed by atoms with van der Waals surface area (Å²) in [4.78, 5) is 14.4. The minimum Gasteiger partial charge on any atom is -0.493 e. The summed E-state index contributed by atoms with van der Waals surface area (Å²) < 4.78 is 10.8. The van der Waals surface area contributed by atoms with E-state index < -0.39 is 0 Å². The normalized spacial score (nSPS) is 15.8. The second kappa shape index (κ2) is 7.87. The number of nitrogens with one attached hydrogen (secondary N) is 1. The van der Waals surface area contributed by atoms with Crippen LogP contribution < -0.4 is 10.1 Å².